The molecule has 0 aliphatic rings. The summed E-state index contributed by atoms with van der Waals surface area (Å²) in [6.45, 7) is 1.65. The van der Waals surface area contributed by atoms with Crippen molar-refractivity contribution in [1.82, 2.24) is 0 Å². The number of hydrogen-bond acceptors (Lipinski definition) is 3. The summed E-state index contributed by atoms with van der Waals surface area (Å²) in [7, 11) is 0. The molecule has 0 radical (unpaired) electrons. The number of hydrogen-bond donors (Lipinski definition) is 3. The van der Waals surface area contributed by atoms with Gasteiger partial charge in [0.1, 0.15) is 5.75 Å². The number of aromatic hydroxyl groups is 1. The maximum absolute atomic E-state index is 11.3. The average Bonchev–Trinajstić information content (AvgIpc) is 2.39. The summed E-state index contributed by atoms with van der Waals surface area (Å²) in [5, 5.41) is 27.5. The Morgan fingerprint density at radius 2 is 1.55 bits per heavy atom. The topological polar surface area (TPSA) is 94.8 Å². The van der Waals surface area contributed by atoms with Crippen LogP contribution < -0.4 is 0 Å². The molecule has 0 unspecified atom stereocenters. The molecule has 0 aliphatic heterocycles. The van der Waals surface area contributed by atoms with Gasteiger partial charge >= 0.3 is 11.9 Å². The first-order valence-corrected chi connectivity index (χ1v) is 5.81. The third-order valence-corrected chi connectivity index (χ3v) is 2.97. The number of benzene rings is 2. The van der Waals surface area contributed by atoms with Crippen LogP contribution >= 0.6 is 0 Å². The molecule has 5 heteroatoms. The van der Waals surface area contributed by atoms with E-state index in [1.165, 1.54) is 18.2 Å². The minimum atomic E-state index is -1.20. The van der Waals surface area contributed by atoms with Crippen molar-refractivity contribution >= 4 is 11.9 Å². The van der Waals surface area contributed by atoms with Crippen LogP contribution in [0.5, 0.6) is 5.75 Å². The fraction of sp³-hybridized carbons (Fsp3) is 0.0667. The second-order valence-corrected chi connectivity index (χ2v) is 4.37. The molecule has 0 heterocycles. The average molecular weight is 272 g/mol. The lowest BCUT2D eigenvalue weighted by atomic mass is 9.92. The lowest BCUT2D eigenvalue weighted by molar-refractivity contribution is 0.0696. The lowest BCUT2D eigenvalue weighted by Crippen LogP contribution is -2.06. The Morgan fingerprint density at radius 1 is 0.950 bits per heavy atom. The van der Waals surface area contributed by atoms with Gasteiger partial charge in [-0.3, -0.25) is 0 Å². The van der Waals surface area contributed by atoms with E-state index in [1.54, 1.807) is 19.1 Å². The predicted octanol–water partition coefficient (Wildman–Crippen LogP) is 2.76. The van der Waals surface area contributed by atoms with Crippen LogP contribution in [0.15, 0.2) is 36.4 Å². The molecule has 0 aromatic heterocycles. The molecule has 5 nitrogen and oxygen atoms in total. The highest BCUT2D eigenvalue weighted by atomic mass is 16.4. The monoisotopic (exact) mass is 272 g/mol. The highest BCUT2D eigenvalue weighted by Gasteiger charge is 2.18. The van der Waals surface area contributed by atoms with Crippen LogP contribution in [0.4, 0.5) is 0 Å². The molecule has 2 rings (SSSR count). The summed E-state index contributed by atoms with van der Waals surface area (Å²) >= 11 is 0. The van der Waals surface area contributed by atoms with E-state index in [9.17, 15) is 19.8 Å². The van der Waals surface area contributed by atoms with Gasteiger partial charge < -0.3 is 15.3 Å². The van der Waals surface area contributed by atoms with Crippen LogP contribution in [0.25, 0.3) is 11.1 Å². The first-order valence-electron chi connectivity index (χ1n) is 5.81. The number of carboxylic acids is 2. The number of phenols is 1. The molecule has 0 amide bonds. The van der Waals surface area contributed by atoms with E-state index in [0.717, 1.165) is 6.07 Å². The second kappa shape index (κ2) is 5.05. The van der Waals surface area contributed by atoms with Crippen molar-refractivity contribution in [3.05, 3.63) is 53.1 Å². The van der Waals surface area contributed by atoms with Crippen LogP contribution in [0.1, 0.15) is 26.3 Å². The molecule has 2 aromatic carbocycles. The van der Waals surface area contributed by atoms with Gasteiger partial charge in [-0.1, -0.05) is 12.1 Å². The maximum Gasteiger partial charge on any atom is 0.336 e. The van der Waals surface area contributed by atoms with E-state index in [1.807, 2.05) is 0 Å². The van der Waals surface area contributed by atoms with E-state index in [-0.39, 0.29) is 16.9 Å². The summed E-state index contributed by atoms with van der Waals surface area (Å²) in [5.74, 6) is -2.29. The number of aromatic carboxylic acids is 2. The minimum Gasteiger partial charge on any atom is -0.508 e. The first kappa shape index (κ1) is 13.6. The highest BCUT2D eigenvalue weighted by Crippen LogP contribution is 2.30. The third-order valence-electron chi connectivity index (χ3n) is 2.97. The van der Waals surface area contributed by atoms with Crippen molar-refractivity contribution in [1.29, 1.82) is 0 Å². The smallest absolute Gasteiger partial charge is 0.336 e. The molecule has 0 atom stereocenters. The molecule has 0 bridgehead atoms. The van der Waals surface area contributed by atoms with Gasteiger partial charge in [0.05, 0.1) is 11.1 Å². The Bertz CT molecular complexity index is 686. The fourth-order valence-electron chi connectivity index (χ4n) is 2.09. The number of carbonyl (C=O) groups is 2. The summed E-state index contributed by atoms with van der Waals surface area (Å²) in [5.41, 5.74) is 1.46. The van der Waals surface area contributed by atoms with E-state index in [2.05, 4.69) is 0 Å². The van der Waals surface area contributed by atoms with Gasteiger partial charge in [-0.25, -0.2) is 9.59 Å². The molecule has 102 valence electrons. The molecule has 0 spiro atoms. The largest absolute Gasteiger partial charge is 0.508 e. The molecule has 0 aliphatic carbocycles. The van der Waals surface area contributed by atoms with Crippen molar-refractivity contribution in [3.63, 3.8) is 0 Å². The van der Waals surface area contributed by atoms with Gasteiger partial charge in [-0.05, 0) is 47.9 Å². The van der Waals surface area contributed by atoms with Crippen molar-refractivity contribution in [2.75, 3.05) is 0 Å². The van der Waals surface area contributed by atoms with Crippen molar-refractivity contribution in [2.45, 2.75) is 6.92 Å². The quantitative estimate of drug-likeness (QED) is 0.798. The first-order chi connectivity index (χ1) is 9.40. The maximum atomic E-state index is 11.3. The zero-order valence-electron chi connectivity index (χ0n) is 10.6. The zero-order chi connectivity index (χ0) is 14.9. The Balaban J connectivity index is 2.71. The van der Waals surface area contributed by atoms with Gasteiger partial charge in [0, 0.05) is 0 Å². The van der Waals surface area contributed by atoms with E-state index in [0.29, 0.717) is 16.7 Å². The molecule has 20 heavy (non-hydrogen) atoms. The molecule has 0 fully saturated rings. The molecule has 0 saturated carbocycles. The summed E-state index contributed by atoms with van der Waals surface area (Å²) < 4.78 is 0. The van der Waals surface area contributed by atoms with Crippen molar-refractivity contribution in [3.8, 4) is 16.9 Å². The Morgan fingerprint density at radius 3 is 2.05 bits per heavy atom. The normalized spacial score (nSPS) is 10.2. The number of carboxylic acid groups (broad SMARTS) is 2. The van der Waals surface area contributed by atoms with Gasteiger partial charge in [0.15, 0.2) is 0 Å². The van der Waals surface area contributed by atoms with Crippen LogP contribution in [0, 0.1) is 6.92 Å². The fourth-order valence-corrected chi connectivity index (χ4v) is 2.09. The van der Waals surface area contributed by atoms with Gasteiger partial charge in [-0.15, -0.1) is 0 Å². The predicted molar refractivity (Wildman–Crippen MR) is 72.2 cm³/mol. The van der Waals surface area contributed by atoms with E-state index in [4.69, 9.17) is 5.11 Å². The Kier molecular flexibility index (Phi) is 3.43. The molecular formula is C15H12O5. The zero-order valence-corrected chi connectivity index (χ0v) is 10.6. The summed E-state index contributed by atoms with van der Waals surface area (Å²) in [6, 6.07) is 8.64. The standard InChI is InChI=1S/C15H12O5/c1-8-6-10(14(17)18)7-12(15(19)20)13(8)9-2-4-11(16)5-3-9/h2-7,16H,1H3,(H,17,18)(H,19,20). The molecule has 3 N–H and O–H groups in total. The number of aryl methyl sites for hydroxylation is 1. The minimum absolute atomic E-state index is 0.0672. The number of phenolic OH excluding ortho intramolecular Hbond substituents is 1. The van der Waals surface area contributed by atoms with Crippen LogP contribution in [0.3, 0.4) is 0 Å². The SMILES string of the molecule is Cc1cc(C(=O)O)cc(C(=O)O)c1-c1ccc(O)cc1. The van der Waals surface area contributed by atoms with Gasteiger partial charge in [-0.2, -0.15) is 0 Å². The van der Waals surface area contributed by atoms with Gasteiger partial charge in [0.2, 0.25) is 0 Å². The second-order valence-electron chi connectivity index (χ2n) is 4.37. The third kappa shape index (κ3) is 2.47. The summed E-state index contributed by atoms with van der Waals surface area (Å²) in [6.07, 6.45) is 0. The Labute approximate surface area is 114 Å². The van der Waals surface area contributed by atoms with Crippen LogP contribution in [0.2, 0.25) is 0 Å². The van der Waals surface area contributed by atoms with Gasteiger partial charge in [0.25, 0.3) is 0 Å². The lowest BCUT2D eigenvalue weighted by Gasteiger charge is -2.11. The molecular weight excluding hydrogens is 260 g/mol. The van der Waals surface area contributed by atoms with Crippen molar-refractivity contribution < 1.29 is 24.9 Å². The van der Waals surface area contributed by atoms with E-state index >= 15 is 0 Å². The van der Waals surface area contributed by atoms with E-state index < -0.39 is 11.9 Å². The Hall–Kier alpha value is -2.82. The number of rotatable bonds is 3. The van der Waals surface area contributed by atoms with Crippen LogP contribution in [-0.4, -0.2) is 27.3 Å². The highest BCUT2D eigenvalue weighted by molar-refractivity contribution is 6.00. The summed E-state index contributed by atoms with van der Waals surface area (Å²) in [4.78, 5) is 22.3. The van der Waals surface area contributed by atoms with Crippen LogP contribution in [-0.2, 0) is 0 Å². The molecule has 0 saturated heterocycles. The molecule has 2 aromatic rings. The van der Waals surface area contributed by atoms with Crippen molar-refractivity contribution in [2.24, 2.45) is 0 Å².